The third kappa shape index (κ3) is 4.23. The Kier molecular flexibility index (Phi) is 5.98. The Morgan fingerprint density at radius 3 is 2.34 bits per heavy atom. The Bertz CT molecular complexity index is 1210. The molecule has 0 atom stereocenters. The maximum Gasteiger partial charge on any atom is 0.282 e. The van der Waals surface area contributed by atoms with Crippen molar-refractivity contribution in [3.63, 3.8) is 0 Å². The predicted octanol–water partition coefficient (Wildman–Crippen LogP) is 5.15. The molecule has 0 radical (unpaired) electrons. The van der Waals surface area contributed by atoms with Gasteiger partial charge in [0.1, 0.15) is 23.1 Å². The summed E-state index contributed by atoms with van der Waals surface area (Å²) < 4.78 is 32.9. The number of anilines is 2. The Balaban J connectivity index is 1.76. The average Bonchev–Trinajstić information content (AvgIpc) is 3.02. The van der Waals surface area contributed by atoms with E-state index in [0.29, 0.717) is 23.6 Å². The monoisotopic (exact) mass is 434 g/mol. The SMILES string of the molecule is CCCOc1cccc(NC2=C(c3ccc(F)cc3)C(=O)N(c3cccc(F)c3)C2=O)c1. The van der Waals surface area contributed by atoms with E-state index in [-0.39, 0.29) is 17.0 Å². The molecule has 5 nitrogen and oxygen atoms in total. The normalized spacial score (nSPS) is 13.7. The van der Waals surface area contributed by atoms with Gasteiger partial charge in [-0.15, -0.1) is 0 Å². The number of nitrogens with one attached hydrogen (secondary N) is 1. The van der Waals surface area contributed by atoms with Crippen molar-refractivity contribution in [3.8, 4) is 5.75 Å². The molecule has 0 saturated heterocycles. The molecular weight excluding hydrogens is 414 g/mol. The van der Waals surface area contributed by atoms with Gasteiger partial charge in [0.15, 0.2) is 0 Å². The molecule has 4 rings (SSSR count). The third-order valence-electron chi connectivity index (χ3n) is 4.86. The van der Waals surface area contributed by atoms with Crippen molar-refractivity contribution in [2.75, 3.05) is 16.8 Å². The van der Waals surface area contributed by atoms with Gasteiger partial charge < -0.3 is 10.1 Å². The van der Waals surface area contributed by atoms with E-state index in [9.17, 15) is 18.4 Å². The topological polar surface area (TPSA) is 58.6 Å². The van der Waals surface area contributed by atoms with Crippen LogP contribution in [0, 0.1) is 11.6 Å². The summed E-state index contributed by atoms with van der Waals surface area (Å²) in [4.78, 5) is 27.5. The van der Waals surface area contributed by atoms with Crippen LogP contribution >= 0.6 is 0 Å². The lowest BCUT2D eigenvalue weighted by Crippen LogP contribution is -2.32. The standard InChI is InChI=1S/C25H20F2N2O3/c1-2-13-32-21-8-4-6-19(15-21)28-23-22(16-9-11-17(26)12-10-16)24(30)29(25(23)31)20-7-3-5-18(27)14-20/h3-12,14-15,28H,2,13H2,1H3. The van der Waals surface area contributed by atoms with Crippen molar-refractivity contribution >= 4 is 28.8 Å². The van der Waals surface area contributed by atoms with Gasteiger partial charge in [-0.25, -0.2) is 13.7 Å². The van der Waals surface area contributed by atoms with E-state index in [0.717, 1.165) is 17.4 Å². The van der Waals surface area contributed by atoms with Crippen molar-refractivity contribution in [3.05, 3.63) is 95.7 Å². The fourth-order valence-electron chi connectivity index (χ4n) is 3.41. The highest BCUT2D eigenvalue weighted by Crippen LogP contribution is 2.34. The molecule has 1 heterocycles. The van der Waals surface area contributed by atoms with Crippen LogP contribution in [-0.2, 0) is 9.59 Å². The second kappa shape index (κ2) is 9.01. The second-order valence-electron chi connectivity index (χ2n) is 7.18. The van der Waals surface area contributed by atoms with Crippen LogP contribution in [-0.4, -0.2) is 18.4 Å². The van der Waals surface area contributed by atoms with E-state index in [1.165, 1.54) is 42.5 Å². The molecule has 1 N–H and O–H groups in total. The molecule has 0 aromatic heterocycles. The van der Waals surface area contributed by atoms with Gasteiger partial charge in [-0.2, -0.15) is 0 Å². The smallest absolute Gasteiger partial charge is 0.282 e. The molecule has 0 fully saturated rings. The summed E-state index contributed by atoms with van der Waals surface area (Å²) in [7, 11) is 0. The molecule has 0 spiro atoms. The third-order valence-corrected chi connectivity index (χ3v) is 4.86. The fourth-order valence-corrected chi connectivity index (χ4v) is 3.41. The Morgan fingerprint density at radius 2 is 1.62 bits per heavy atom. The van der Waals surface area contributed by atoms with E-state index in [2.05, 4.69) is 5.32 Å². The van der Waals surface area contributed by atoms with E-state index in [1.807, 2.05) is 6.92 Å². The van der Waals surface area contributed by atoms with E-state index in [4.69, 9.17) is 4.74 Å². The summed E-state index contributed by atoms with van der Waals surface area (Å²) >= 11 is 0. The molecule has 1 aliphatic heterocycles. The number of halogens is 2. The maximum atomic E-state index is 13.8. The first-order valence-corrected chi connectivity index (χ1v) is 10.1. The van der Waals surface area contributed by atoms with Crippen molar-refractivity contribution in [1.82, 2.24) is 0 Å². The maximum absolute atomic E-state index is 13.8. The number of ether oxygens (including phenoxy) is 1. The Hall–Kier alpha value is -4.00. The number of rotatable bonds is 7. The van der Waals surface area contributed by atoms with Gasteiger partial charge in [0.2, 0.25) is 0 Å². The molecule has 1 aliphatic rings. The largest absolute Gasteiger partial charge is 0.494 e. The molecule has 3 aromatic rings. The van der Waals surface area contributed by atoms with Crippen LogP contribution in [0.25, 0.3) is 5.57 Å². The van der Waals surface area contributed by atoms with Crippen LogP contribution < -0.4 is 15.0 Å². The van der Waals surface area contributed by atoms with Crippen molar-refractivity contribution in [1.29, 1.82) is 0 Å². The number of hydrogen-bond donors (Lipinski definition) is 1. The van der Waals surface area contributed by atoms with E-state index in [1.54, 1.807) is 24.3 Å². The number of benzene rings is 3. The number of amides is 2. The van der Waals surface area contributed by atoms with Gasteiger partial charge in [-0.1, -0.05) is 31.2 Å². The van der Waals surface area contributed by atoms with Gasteiger partial charge in [0, 0.05) is 11.8 Å². The van der Waals surface area contributed by atoms with Gasteiger partial charge in [-0.3, -0.25) is 9.59 Å². The first-order chi connectivity index (χ1) is 15.5. The van der Waals surface area contributed by atoms with E-state index >= 15 is 0 Å². The molecule has 2 amide bonds. The van der Waals surface area contributed by atoms with Crippen LogP contribution in [0.4, 0.5) is 20.2 Å². The molecular formula is C25H20F2N2O3. The number of carbonyl (C=O) groups is 2. The second-order valence-corrected chi connectivity index (χ2v) is 7.18. The first kappa shape index (κ1) is 21.2. The molecule has 0 unspecified atom stereocenters. The number of nitrogens with zero attached hydrogens (tertiary/aromatic N) is 1. The summed E-state index contributed by atoms with van der Waals surface area (Å²) in [6, 6.07) is 17.5. The quantitative estimate of drug-likeness (QED) is 0.523. The van der Waals surface area contributed by atoms with Crippen LogP contribution in [0.5, 0.6) is 5.75 Å². The molecule has 3 aromatic carbocycles. The molecule has 162 valence electrons. The van der Waals surface area contributed by atoms with Crippen LogP contribution in [0.1, 0.15) is 18.9 Å². The summed E-state index contributed by atoms with van der Waals surface area (Å²) in [5, 5.41) is 3.02. The van der Waals surface area contributed by atoms with Gasteiger partial charge in [0.25, 0.3) is 11.8 Å². The zero-order chi connectivity index (χ0) is 22.7. The minimum atomic E-state index is -0.639. The summed E-state index contributed by atoms with van der Waals surface area (Å²) in [5.74, 6) is -1.70. The number of carbonyl (C=O) groups excluding carboxylic acids is 2. The van der Waals surface area contributed by atoms with Crippen molar-refractivity contribution < 1.29 is 23.1 Å². The molecule has 32 heavy (non-hydrogen) atoms. The molecule has 0 saturated carbocycles. The minimum Gasteiger partial charge on any atom is -0.494 e. The number of imide groups is 1. The Morgan fingerprint density at radius 1 is 0.875 bits per heavy atom. The van der Waals surface area contributed by atoms with E-state index < -0.39 is 23.4 Å². The number of hydrogen-bond acceptors (Lipinski definition) is 4. The molecule has 7 heteroatoms. The highest BCUT2D eigenvalue weighted by Gasteiger charge is 2.40. The fraction of sp³-hybridized carbons (Fsp3) is 0.120. The highest BCUT2D eigenvalue weighted by molar-refractivity contribution is 6.46. The lowest BCUT2D eigenvalue weighted by atomic mass is 10.0. The Labute approximate surface area is 183 Å². The van der Waals surface area contributed by atoms with Gasteiger partial charge in [-0.05, 0) is 54.4 Å². The lowest BCUT2D eigenvalue weighted by Gasteiger charge is -2.15. The summed E-state index contributed by atoms with van der Waals surface area (Å²) in [6.45, 7) is 2.53. The summed E-state index contributed by atoms with van der Waals surface area (Å²) in [5.41, 5.74) is 1.09. The highest BCUT2D eigenvalue weighted by atomic mass is 19.1. The molecule has 0 aliphatic carbocycles. The zero-order valence-electron chi connectivity index (χ0n) is 17.3. The molecule has 0 bridgehead atoms. The van der Waals surface area contributed by atoms with Gasteiger partial charge >= 0.3 is 0 Å². The average molecular weight is 434 g/mol. The predicted molar refractivity (Wildman–Crippen MR) is 118 cm³/mol. The summed E-state index contributed by atoms with van der Waals surface area (Å²) in [6.07, 6.45) is 0.840. The van der Waals surface area contributed by atoms with Crippen LogP contribution in [0.15, 0.2) is 78.5 Å². The minimum absolute atomic E-state index is 0.0125. The van der Waals surface area contributed by atoms with Crippen LogP contribution in [0.3, 0.4) is 0 Å². The van der Waals surface area contributed by atoms with Crippen LogP contribution in [0.2, 0.25) is 0 Å². The first-order valence-electron chi connectivity index (χ1n) is 10.1. The van der Waals surface area contributed by atoms with Gasteiger partial charge in [0.05, 0.1) is 17.9 Å². The zero-order valence-corrected chi connectivity index (χ0v) is 17.3. The van der Waals surface area contributed by atoms with Crippen molar-refractivity contribution in [2.45, 2.75) is 13.3 Å². The van der Waals surface area contributed by atoms with Crippen molar-refractivity contribution in [2.24, 2.45) is 0 Å². The lowest BCUT2D eigenvalue weighted by molar-refractivity contribution is -0.120.